The molecule has 4 rings (SSSR count). The molecule has 279 valence electrons. The van der Waals surface area contributed by atoms with E-state index in [1.807, 2.05) is 16.3 Å². The van der Waals surface area contributed by atoms with E-state index in [0.717, 1.165) is 31.4 Å². The minimum absolute atomic E-state index is 0. The number of urea groups is 1. The molecule has 3 fully saturated rings. The van der Waals surface area contributed by atoms with E-state index >= 15 is 0 Å². The molecule has 4 heterocycles. The number of amides is 5. The van der Waals surface area contributed by atoms with Crippen LogP contribution >= 0.6 is 11.8 Å². The predicted molar refractivity (Wildman–Crippen MR) is 184 cm³/mol. The Morgan fingerprint density at radius 1 is 1.06 bits per heavy atom. The Morgan fingerprint density at radius 2 is 1.74 bits per heavy atom. The zero-order valence-corrected chi connectivity index (χ0v) is 33.2. The largest absolute Gasteiger partial charge is 0.389 e. The Labute approximate surface area is 324 Å². The molecule has 0 saturated carbocycles. The standard InChI is InChI=1S/C33H54N7O8S.Y/c1-4-24-17-22(2)32(48-24)40-19-25(36-21-40)31(43)37-23(3)18-29(42)35-10-12-46-14-16-47-15-13-45-11-9-34-28(41)8-6-5-7-27-30-26(20-49-27)38-33(44)39-30;/h17,19,21-24,26-27,30,32H,4-16,18,20H2,1-3H3,(H,34,41)(H,35,42)(H,37,43)(H2,38,39,44);/q-1;/t22?,23?,24-,26?,27?,30?,32-;/m1./s1. The number of hydrogen-bond acceptors (Lipinski definition) is 10. The van der Waals surface area contributed by atoms with Crippen molar-refractivity contribution in [3.05, 3.63) is 24.6 Å². The molecule has 1 radical (unpaired) electrons. The summed E-state index contributed by atoms with van der Waals surface area (Å²) in [5.74, 6) is 0.668. The van der Waals surface area contributed by atoms with Gasteiger partial charge in [0.1, 0.15) is 11.9 Å². The molecule has 15 nitrogen and oxygen atoms in total. The van der Waals surface area contributed by atoms with Gasteiger partial charge in [-0.15, -0.1) is 5.92 Å². The Hall–Kier alpha value is -1.82. The van der Waals surface area contributed by atoms with Crippen LogP contribution in [0.25, 0.3) is 0 Å². The first-order valence-corrected chi connectivity index (χ1v) is 18.6. The van der Waals surface area contributed by atoms with E-state index in [0.29, 0.717) is 64.4 Å². The first-order chi connectivity index (χ1) is 23.7. The van der Waals surface area contributed by atoms with Crippen molar-refractivity contribution in [1.82, 2.24) is 36.1 Å². The van der Waals surface area contributed by atoms with Gasteiger partial charge in [0.25, 0.3) is 5.91 Å². The van der Waals surface area contributed by atoms with Gasteiger partial charge in [-0.25, -0.2) is 9.78 Å². The molecule has 3 aliphatic heterocycles. The molecule has 0 bridgehead atoms. The minimum Gasteiger partial charge on any atom is -0.389 e. The number of rotatable bonds is 23. The van der Waals surface area contributed by atoms with Crippen LogP contribution in [0.15, 0.2) is 12.5 Å². The number of thioether (sulfide) groups is 1. The number of carbonyl (C=O) groups is 4. The van der Waals surface area contributed by atoms with Gasteiger partial charge in [-0.05, 0) is 19.8 Å². The van der Waals surface area contributed by atoms with Gasteiger partial charge in [-0.3, -0.25) is 20.8 Å². The summed E-state index contributed by atoms with van der Waals surface area (Å²) in [6.07, 6.45) is 9.68. The molecule has 1 aromatic rings. The first kappa shape index (κ1) is 42.6. The summed E-state index contributed by atoms with van der Waals surface area (Å²) in [5.41, 5.74) is 0.282. The molecule has 0 aromatic carbocycles. The van der Waals surface area contributed by atoms with Crippen LogP contribution in [0.5, 0.6) is 0 Å². The fourth-order valence-corrected chi connectivity index (χ4v) is 7.62. The summed E-state index contributed by atoms with van der Waals surface area (Å²) in [5, 5.41) is 14.9. The van der Waals surface area contributed by atoms with Gasteiger partial charge in [0.05, 0.1) is 58.1 Å². The smallest absolute Gasteiger partial charge is 0.315 e. The summed E-state index contributed by atoms with van der Waals surface area (Å²) in [6.45, 7) is 9.12. The van der Waals surface area contributed by atoms with Crippen molar-refractivity contribution >= 4 is 35.5 Å². The van der Waals surface area contributed by atoms with Gasteiger partial charge in [0.15, 0.2) is 0 Å². The third-order valence-electron chi connectivity index (χ3n) is 8.64. The maximum absolute atomic E-state index is 12.6. The maximum atomic E-state index is 12.6. The number of unbranched alkanes of at least 4 members (excludes halogenated alkanes) is 1. The molecule has 3 aliphatic rings. The second-order valence-electron chi connectivity index (χ2n) is 12.7. The van der Waals surface area contributed by atoms with E-state index in [-0.39, 0.29) is 105 Å². The molecule has 5 N–H and O–H groups in total. The van der Waals surface area contributed by atoms with Crippen LogP contribution in [0.3, 0.4) is 0 Å². The number of carbonyl (C=O) groups excluding carboxylic acids is 4. The molecule has 5 amide bonds. The Kier molecular flexibility index (Phi) is 19.6. The first-order valence-electron chi connectivity index (χ1n) is 17.5. The van der Waals surface area contributed by atoms with E-state index < -0.39 is 0 Å². The zero-order chi connectivity index (χ0) is 35.0. The molecule has 0 spiro atoms. The van der Waals surface area contributed by atoms with Crippen molar-refractivity contribution in [3.63, 3.8) is 0 Å². The molecule has 50 heavy (non-hydrogen) atoms. The van der Waals surface area contributed by atoms with Gasteiger partial charge in [-0.1, -0.05) is 32.8 Å². The normalized spacial score (nSPS) is 24.5. The van der Waals surface area contributed by atoms with Gasteiger partial charge in [0, 0.05) is 81.9 Å². The van der Waals surface area contributed by atoms with Crippen molar-refractivity contribution in [3.8, 4) is 0 Å². The third kappa shape index (κ3) is 14.3. The topological polar surface area (TPSA) is 183 Å². The predicted octanol–water partition coefficient (Wildman–Crippen LogP) is 1.54. The van der Waals surface area contributed by atoms with Gasteiger partial charge in [0.2, 0.25) is 11.8 Å². The molecule has 0 aliphatic carbocycles. The van der Waals surface area contributed by atoms with Crippen molar-refractivity contribution in [2.75, 3.05) is 58.5 Å². The zero-order valence-electron chi connectivity index (χ0n) is 29.5. The number of nitrogens with zero attached hydrogens (tertiary/aromatic N) is 2. The Bertz CT molecular complexity index is 1210. The summed E-state index contributed by atoms with van der Waals surface area (Å²) < 4.78 is 24.3. The van der Waals surface area contributed by atoms with E-state index in [2.05, 4.69) is 51.8 Å². The van der Waals surface area contributed by atoms with E-state index in [9.17, 15) is 19.2 Å². The number of imidazole rings is 1. The number of nitrogens with one attached hydrogen (secondary N) is 5. The summed E-state index contributed by atoms with van der Waals surface area (Å²) >= 11 is 1.89. The summed E-state index contributed by atoms with van der Waals surface area (Å²) in [4.78, 5) is 52.7. The fourth-order valence-electron chi connectivity index (χ4n) is 6.08. The van der Waals surface area contributed by atoms with Gasteiger partial charge < -0.3 is 50.1 Å². The van der Waals surface area contributed by atoms with Crippen molar-refractivity contribution in [2.24, 2.45) is 5.92 Å². The van der Waals surface area contributed by atoms with Crippen LogP contribution in [0.4, 0.5) is 4.79 Å². The average molecular weight is 798 g/mol. The number of ether oxygens (including phenoxy) is 4. The molecule has 3 saturated heterocycles. The number of fused-ring (bicyclic) bond motifs is 1. The molecular weight excluding hydrogens is 743 g/mol. The van der Waals surface area contributed by atoms with Crippen LogP contribution in [0, 0.1) is 12.3 Å². The Balaban J connectivity index is 0.00000676. The Morgan fingerprint density at radius 3 is 2.42 bits per heavy atom. The van der Waals surface area contributed by atoms with Crippen molar-refractivity contribution < 1.29 is 70.8 Å². The number of hydrogen-bond donors (Lipinski definition) is 5. The second kappa shape index (κ2) is 23.0. The van der Waals surface area contributed by atoms with E-state index in [4.69, 9.17) is 18.9 Å². The number of aromatic nitrogens is 2. The molecule has 5 unspecified atom stereocenters. The quantitative estimate of drug-likeness (QED) is 0.0619. The fraction of sp³-hybridized carbons (Fsp3) is 0.758. The van der Waals surface area contributed by atoms with Crippen LogP contribution in [0.1, 0.15) is 76.0 Å². The third-order valence-corrected chi connectivity index (χ3v) is 10.2. The van der Waals surface area contributed by atoms with E-state index in [1.54, 1.807) is 19.4 Å². The SMILES string of the molecule is CC[C@@H]1[CH-]C(C)[C@H](n2cnc(C(=O)NC(C)CC(=O)NCCOCCOCCOCCNC(=O)CCCCC3SCC4NC(=O)NC43)c2)O1.[Y]. The molecule has 1 aromatic heterocycles. The van der Waals surface area contributed by atoms with Crippen molar-refractivity contribution in [2.45, 2.75) is 95.0 Å². The van der Waals surface area contributed by atoms with Crippen molar-refractivity contribution in [1.29, 1.82) is 0 Å². The summed E-state index contributed by atoms with van der Waals surface area (Å²) in [6, 6.07) is 0.00862. The second-order valence-corrected chi connectivity index (χ2v) is 14.0. The van der Waals surface area contributed by atoms with Crippen LogP contribution in [0.2, 0.25) is 0 Å². The summed E-state index contributed by atoms with van der Waals surface area (Å²) in [7, 11) is 0. The molecule has 7 atom stereocenters. The van der Waals surface area contributed by atoms with Crippen LogP contribution < -0.4 is 26.6 Å². The molecule has 17 heteroatoms. The van der Waals surface area contributed by atoms with Crippen LogP contribution in [-0.2, 0) is 61.2 Å². The van der Waals surface area contributed by atoms with Gasteiger partial charge in [-0.2, -0.15) is 11.8 Å². The van der Waals surface area contributed by atoms with E-state index in [1.165, 1.54) is 0 Å². The maximum Gasteiger partial charge on any atom is 0.315 e. The minimum atomic E-state index is -0.368. The monoisotopic (exact) mass is 797 g/mol. The molecular formula is C33H54N7O8SY-. The average Bonchev–Trinajstić information content (AvgIpc) is 3.86. The van der Waals surface area contributed by atoms with Crippen LogP contribution in [-0.4, -0.2) is 121 Å². The van der Waals surface area contributed by atoms with Gasteiger partial charge >= 0.3 is 6.03 Å².